The van der Waals surface area contributed by atoms with Crippen LogP contribution in [0.5, 0.6) is 0 Å². The van der Waals surface area contributed by atoms with Crippen LogP contribution in [0.2, 0.25) is 0 Å². The number of hydrogen-bond acceptors (Lipinski definition) is 8. The first-order chi connectivity index (χ1) is 8.83. The fourth-order valence-corrected chi connectivity index (χ4v) is 2.77. The first-order valence-electron chi connectivity index (χ1n) is 5.63. The SMILES string of the molecule is NCCNc1nc(-c2csc(NCCN)n2)cs1. The predicted octanol–water partition coefficient (Wildman–Crippen LogP) is 1.01. The molecular formula is C10H16N6S2. The molecule has 0 fully saturated rings. The summed E-state index contributed by atoms with van der Waals surface area (Å²) >= 11 is 3.12. The number of nitrogens with two attached hydrogens (primary N) is 2. The molecule has 0 radical (unpaired) electrons. The largest absolute Gasteiger partial charge is 0.360 e. The molecule has 0 atom stereocenters. The highest BCUT2D eigenvalue weighted by atomic mass is 32.1. The zero-order valence-electron chi connectivity index (χ0n) is 9.85. The standard InChI is InChI=1S/C10H16N6S2/c11-1-3-13-9-15-7(5-17-9)8-6-18-10(16-8)14-4-2-12/h5-6H,1-4,11-12H2,(H,13,15)(H,14,16). The Morgan fingerprint density at radius 3 is 1.72 bits per heavy atom. The molecule has 0 unspecified atom stereocenters. The molecule has 0 spiro atoms. The zero-order valence-corrected chi connectivity index (χ0v) is 11.5. The van der Waals surface area contributed by atoms with Crippen molar-refractivity contribution in [1.29, 1.82) is 0 Å². The van der Waals surface area contributed by atoms with Crippen LogP contribution in [-0.2, 0) is 0 Å². The van der Waals surface area contributed by atoms with Crippen LogP contribution in [0.4, 0.5) is 10.3 Å². The van der Waals surface area contributed by atoms with E-state index in [2.05, 4.69) is 20.6 Å². The van der Waals surface area contributed by atoms with Gasteiger partial charge in [0.25, 0.3) is 0 Å². The third-order valence-corrected chi connectivity index (χ3v) is 3.71. The smallest absolute Gasteiger partial charge is 0.183 e. The lowest BCUT2D eigenvalue weighted by Gasteiger charge is -1.97. The second-order valence-electron chi connectivity index (χ2n) is 3.51. The molecule has 0 aliphatic carbocycles. The molecule has 0 aliphatic rings. The van der Waals surface area contributed by atoms with E-state index >= 15 is 0 Å². The molecule has 0 bridgehead atoms. The molecule has 18 heavy (non-hydrogen) atoms. The predicted molar refractivity (Wildman–Crippen MR) is 78.3 cm³/mol. The lowest BCUT2D eigenvalue weighted by Crippen LogP contribution is -2.12. The molecule has 2 aromatic heterocycles. The molecule has 8 heteroatoms. The summed E-state index contributed by atoms with van der Waals surface area (Å²) in [6.45, 7) is 2.65. The van der Waals surface area contributed by atoms with Gasteiger partial charge in [0.15, 0.2) is 10.3 Å². The van der Waals surface area contributed by atoms with Crippen molar-refractivity contribution in [3.63, 3.8) is 0 Å². The van der Waals surface area contributed by atoms with E-state index in [1.54, 1.807) is 22.7 Å². The number of nitrogens with one attached hydrogen (secondary N) is 2. The Balaban J connectivity index is 2.01. The monoisotopic (exact) mass is 284 g/mol. The van der Waals surface area contributed by atoms with Crippen molar-refractivity contribution in [2.45, 2.75) is 0 Å². The molecule has 0 aliphatic heterocycles. The lowest BCUT2D eigenvalue weighted by atomic mass is 10.4. The van der Waals surface area contributed by atoms with Crippen LogP contribution in [0, 0.1) is 0 Å². The van der Waals surface area contributed by atoms with Crippen LogP contribution in [0.15, 0.2) is 10.8 Å². The summed E-state index contributed by atoms with van der Waals surface area (Å²) in [4.78, 5) is 8.91. The summed E-state index contributed by atoms with van der Waals surface area (Å²) in [5.41, 5.74) is 12.6. The first kappa shape index (κ1) is 13.2. The molecule has 6 N–H and O–H groups in total. The van der Waals surface area contributed by atoms with Crippen molar-refractivity contribution in [2.75, 3.05) is 36.8 Å². The van der Waals surface area contributed by atoms with E-state index in [4.69, 9.17) is 11.5 Å². The van der Waals surface area contributed by atoms with Crippen molar-refractivity contribution in [3.05, 3.63) is 10.8 Å². The van der Waals surface area contributed by atoms with E-state index in [1.165, 1.54) is 0 Å². The fraction of sp³-hybridized carbons (Fsp3) is 0.400. The van der Waals surface area contributed by atoms with E-state index in [-0.39, 0.29) is 0 Å². The van der Waals surface area contributed by atoms with E-state index in [0.717, 1.165) is 34.7 Å². The Bertz CT molecular complexity index is 436. The topological polar surface area (TPSA) is 102 Å². The van der Waals surface area contributed by atoms with Crippen molar-refractivity contribution in [1.82, 2.24) is 9.97 Å². The van der Waals surface area contributed by atoms with E-state index in [9.17, 15) is 0 Å². The zero-order chi connectivity index (χ0) is 12.8. The molecule has 6 nitrogen and oxygen atoms in total. The summed E-state index contributed by atoms with van der Waals surface area (Å²) in [6.07, 6.45) is 0. The highest BCUT2D eigenvalue weighted by molar-refractivity contribution is 7.14. The molecule has 0 aromatic carbocycles. The second kappa shape index (κ2) is 6.64. The lowest BCUT2D eigenvalue weighted by molar-refractivity contribution is 1.02. The van der Waals surface area contributed by atoms with Gasteiger partial charge < -0.3 is 22.1 Å². The van der Waals surface area contributed by atoms with Gasteiger partial charge in [0.1, 0.15) is 11.4 Å². The minimum Gasteiger partial charge on any atom is -0.360 e. The molecule has 0 saturated heterocycles. The number of aromatic nitrogens is 2. The Labute approximate surface area is 113 Å². The van der Waals surface area contributed by atoms with Crippen molar-refractivity contribution in [3.8, 4) is 11.4 Å². The van der Waals surface area contributed by atoms with E-state index in [0.29, 0.717) is 13.1 Å². The molecule has 2 heterocycles. The Morgan fingerprint density at radius 1 is 0.889 bits per heavy atom. The highest BCUT2D eigenvalue weighted by Crippen LogP contribution is 2.27. The van der Waals surface area contributed by atoms with Crippen LogP contribution in [0.25, 0.3) is 11.4 Å². The minimum absolute atomic E-state index is 0.596. The third kappa shape index (κ3) is 3.39. The summed E-state index contributed by atoms with van der Waals surface area (Å²) < 4.78 is 0. The normalized spacial score (nSPS) is 10.6. The average Bonchev–Trinajstić information content (AvgIpc) is 3.02. The number of rotatable bonds is 7. The van der Waals surface area contributed by atoms with Crippen LogP contribution in [-0.4, -0.2) is 36.1 Å². The molecule has 98 valence electrons. The van der Waals surface area contributed by atoms with E-state index in [1.807, 2.05) is 10.8 Å². The number of hydrogen-bond donors (Lipinski definition) is 4. The van der Waals surface area contributed by atoms with Gasteiger partial charge in [0.05, 0.1) is 0 Å². The van der Waals surface area contributed by atoms with Gasteiger partial charge in [-0.05, 0) is 0 Å². The maximum Gasteiger partial charge on any atom is 0.183 e. The second-order valence-corrected chi connectivity index (χ2v) is 5.22. The van der Waals surface area contributed by atoms with Crippen LogP contribution in [0.1, 0.15) is 0 Å². The number of nitrogens with zero attached hydrogens (tertiary/aromatic N) is 2. The summed E-state index contributed by atoms with van der Waals surface area (Å²) in [5.74, 6) is 0. The molecule has 0 amide bonds. The van der Waals surface area contributed by atoms with Crippen molar-refractivity contribution < 1.29 is 0 Å². The highest BCUT2D eigenvalue weighted by Gasteiger charge is 2.08. The van der Waals surface area contributed by atoms with Crippen LogP contribution in [0.3, 0.4) is 0 Å². The number of anilines is 2. The van der Waals surface area contributed by atoms with Gasteiger partial charge in [-0.25, -0.2) is 9.97 Å². The van der Waals surface area contributed by atoms with Crippen LogP contribution >= 0.6 is 22.7 Å². The maximum atomic E-state index is 5.43. The molecule has 2 rings (SSSR count). The quantitative estimate of drug-likeness (QED) is 0.605. The van der Waals surface area contributed by atoms with Gasteiger partial charge in [0.2, 0.25) is 0 Å². The van der Waals surface area contributed by atoms with Crippen molar-refractivity contribution in [2.24, 2.45) is 11.5 Å². The van der Waals surface area contributed by atoms with E-state index < -0.39 is 0 Å². The summed E-state index contributed by atoms with van der Waals surface area (Å²) in [6, 6.07) is 0. The van der Waals surface area contributed by atoms with Crippen molar-refractivity contribution >= 4 is 32.9 Å². The Kier molecular flexibility index (Phi) is 4.88. The van der Waals surface area contributed by atoms with Crippen LogP contribution < -0.4 is 22.1 Å². The summed E-state index contributed by atoms with van der Waals surface area (Å²) in [5, 5.41) is 12.0. The van der Waals surface area contributed by atoms with Gasteiger partial charge in [-0.3, -0.25) is 0 Å². The molecular weight excluding hydrogens is 268 g/mol. The van der Waals surface area contributed by atoms with Gasteiger partial charge in [-0.15, -0.1) is 22.7 Å². The van der Waals surface area contributed by atoms with Gasteiger partial charge in [0, 0.05) is 36.9 Å². The Hall–Kier alpha value is -1.22. The maximum absolute atomic E-state index is 5.43. The molecule has 2 aromatic rings. The first-order valence-corrected chi connectivity index (χ1v) is 7.38. The average molecular weight is 284 g/mol. The van der Waals surface area contributed by atoms with Gasteiger partial charge >= 0.3 is 0 Å². The minimum atomic E-state index is 0.596. The summed E-state index contributed by atoms with van der Waals surface area (Å²) in [7, 11) is 0. The Morgan fingerprint density at radius 2 is 1.33 bits per heavy atom. The third-order valence-electron chi connectivity index (χ3n) is 2.11. The van der Waals surface area contributed by atoms with Gasteiger partial charge in [-0.2, -0.15) is 0 Å². The van der Waals surface area contributed by atoms with Gasteiger partial charge in [-0.1, -0.05) is 0 Å². The molecule has 0 saturated carbocycles. The number of thiazole rings is 2. The fourth-order valence-electron chi connectivity index (χ4n) is 1.30.